The molecule has 4 nitrogen and oxygen atoms in total. The van der Waals surface area contributed by atoms with Crippen LogP contribution in [0, 0.1) is 0 Å². The van der Waals surface area contributed by atoms with Crippen molar-refractivity contribution in [1.29, 1.82) is 0 Å². The first kappa shape index (κ1) is 14.5. The van der Waals surface area contributed by atoms with Crippen molar-refractivity contribution in [3.63, 3.8) is 0 Å². The molecule has 0 saturated carbocycles. The van der Waals surface area contributed by atoms with Gasteiger partial charge in [0, 0.05) is 22.7 Å². The zero-order valence-electron chi connectivity index (χ0n) is 11.2. The van der Waals surface area contributed by atoms with Crippen molar-refractivity contribution >= 4 is 33.2 Å². The molecule has 0 aliphatic carbocycles. The molecule has 1 saturated heterocycles. The third-order valence-corrected chi connectivity index (χ3v) is 5.13. The van der Waals surface area contributed by atoms with Gasteiger partial charge in [0.1, 0.15) is 0 Å². The molecule has 19 heavy (non-hydrogen) atoms. The normalized spacial score (nSPS) is 23.9. The van der Waals surface area contributed by atoms with Crippen molar-refractivity contribution in [3.8, 4) is 0 Å². The summed E-state index contributed by atoms with van der Waals surface area (Å²) in [4.78, 5) is 0. The average Bonchev–Trinajstić information content (AvgIpc) is 2.33. The number of anilines is 2. The summed E-state index contributed by atoms with van der Waals surface area (Å²) in [6.45, 7) is 2.25. The zero-order chi connectivity index (χ0) is 13.9. The fourth-order valence-electron chi connectivity index (χ4n) is 2.18. The van der Waals surface area contributed by atoms with Crippen LogP contribution in [0.5, 0.6) is 0 Å². The fraction of sp³-hybridized carbons (Fsp3) is 0.538. The Balaban J connectivity index is 1.98. The Morgan fingerprint density at radius 2 is 1.84 bits per heavy atom. The van der Waals surface area contributed by atoms with Gasteiger partial charge in [-0.25, -0.2) is 8.42 Å². The molecule has 1 aromatic carbocycles. The highest BCUT2D eigenvalue weighted by Crippen LogP contribution is 2.28. The lowest BCUT2D eigenvalue weighted by atomic mass is 10.1. The topological polar surface area (TPSA) is 58.2 Å². The zero-order valence-corrected chi connectivity index (χ0v) is 12.9. The van der Waals surface area contributed by atoms with Gasteiger partial charge in [0.25, 0.3) is 0 Å². The highest BCUT2D eigenvalue weighted by atomic mass is 32.2. The smallest absolute Gasteiger partial charge is 0.229 e. The van der Waals surface area contributed by atoms with E-state index in [4.69, 9.17) is 0 Å². The van der Waals surface area contributed by atoms with Gasteiger partial charge in [0.2, 0.25) is 10.0 Å². The van der Waals surface area contributed by atoms with Gasteiger partial charge in [0.05, 0.1) is 6.26 Å². The number of thioether (sulfide) groups is 1. The van der Waals surface area contributed by atoms with Gasteiger partial charge in [-0.05, 0) is 42.9 Å². The van der Waals surface area contributed by atoms with Crippen molar-refractivity contribution < 1.29 is 8.42 Å². The van der Waals surface area contributed by atoms with Gasteiger partial charge in [-0.15, -0.1) is 0 Å². The van der Waals surface area contributed by atoms with E-state index in [0.717, 1.165) is 11.9 Å². The van der Waals surface area contributed by atoms with Crippen LogP contribution in [0.4, 0.5) is 11.4 Å². The first-order chi connectivity index (χ1) is 8.94. The highest BCUT2D eigenvalue weighted by molar-refractivity contribution is 8.00. The first-order valence-corrected chi connectivity index (χ1v) is 9.34. The van der Waals surface area contributed by atoms with E-state index in [1.165, 1.54) is 18.6 Å². The molecule has 1 aliphatic heterocycles. The lowest BCUT2D eigenvalue weighted by molar-refractivity contribution is 0.607. The minimum Gasteiger partial charge on any atom is -0.381 e. The van der Waals surface area contributed by atoms with Crippen molar-refractivity contribution in [1.82, 2.24) is 0 Å². The van der Waals surface area contributed by atoms with E-state index in [0.29, 0.717) is 17.0 Å². The number of nitrogens with one attached hydrogen (secondary N) is 2. The second-order valence-electron chi connectivity index (χ2n) is 4.92. The minimum atomic E-state index is -3.20. The molecule has 0 aromatic heterocycles. The summed E-state index contributed by atoms with van der Waals surface area (Å²) >= 11 is 2.00. The summed E-state index contributed by atoms with van der Waals surface area (Å²) in [7, 11) is -3.20. The summed E-state index contributed by atoms with van der Waals surface area (Å²) in [5, 5.41) is 4.14. The van der Waals surface area contributed by atoms with E-state index in [2.05, 4.69) is 17.0 Å². The van der Waals surface area contributed by atoms with E-state index in [-0.39, 0.29) is 0 Å². The monoisotopic (exact) mass is 300 g/mol. The standard InChI is InChI=1S/C13H20N2O2S2/c1-10-13(4-3-9-18-10)14-11-5-7-12(8-6-11)15-19(2,16)17/h5-8,10,13-15H,3-4,9H2,1-2H3. The van der Waals surface area contributed by atoms with E-state index < -0.39 is 10.0 Å². The minimum absolute atomic E-state index is 0.493. The molecule has 1 aliphatic rings. The van der Waals surface area contributed by atoms with Crippen LogP contribution in [-0.4, -0.2) is 31.7 Å². The van der Waals surface area contributed by atoms with Crippen molar-refractivity contribution in [3.05, 3.63) is 24.3 Å². The van der Waals surface area contributed by atoms with Crippen LogP contribution in [-0.2, 0) is 10.0 Å². The van der Waals surface area contributed by atoms with Crippen LogP contribution in [0.2, 0.25) is 0 Å². The number of hydrogen-bond donors (Lipinski definition) is 2. The summed E-state index contributed by atoms with van der Waals surface area (Å²) in [6.07, 6.45) is 3.60. The van der Waals surface area contributed by atoms with Crippen LogP contribution in [0.3, 0.4) is 0 Å². The second-order valence-corrected chi connectivity index (χ2v) is 8.15. The first-order valence-electron chi connectivity index (χ1n) is 6.40. The molecule has 0 radical (unpaired) electrons. The summed E-state index contributed by atoms with van der Waals surface area (Å²) < 4.78 is 24.7. The van der Waals surface area contributed by atoms with Crippen molar-refractivity contribution in [2.75, 3.05) is 22.0 Å². The lowest BCUT2D eigenvalue weighted by Gasteiger charge is -2.30. The maximum atomic E-state index is 11.1. The third-order valence-electron chi connectivity index (χ3n) is 3.15. The van der Waals surface area contributed by atoms with Gasteiger partial charge in [0.15, 0.2) is 0 Å². The number of hydrogen-bond acceptors (Lipinski definition) is 4. The Bertz CT molecular complexity index is 514. The fourth-order valence-corrected chi connectivity index (χ4v) is 3.88. The van der Waals surface area contributed by atoms with Crippen molar-refractivity contribution in [2.24, 2.45) is 0 Å². The predicted molar refractivity (Wildman–Crippen MR) is 83.5 cm³/mol. The molecule has 1 heterocycles. The van der Waals surface area contributed by atoms with Gasteiger partial charge in [-0.3, -0.25) is 4.72 Å². The summed E-state index contributed by atoms with van der Waals surface area (Å²) in [5.74, 6) is 1.25. The van der Waals surface area contributed by atoms with Crippen LogP contribution < -0.4 is 10.0 Å². The molecule has 2 unspecified atom stereocenters. The third kappa shape index (κ3) is 4.62. The Kier molecular flexibility index (Phi) is 4.62. The van der Waals surface area contributed by atoms with E-state index in [9.17, 15) is 8.42 Å². The number of rotatable bonds is 4. The van der Waals surface area contributed by atoms with Crippen LogP contribution in [0.25, 0.3) is 0 Å². The molecular formula is C13H20N2O2S2. The molecule has 2 atom stereocenters. The molecule has 2 N–H and O–H groups in total. The average molecular weight is 300 g/mol. The SMILES string of the molecule is CC1SCCCC1Nc1ccc(NS(C)(=O)=O)cc1. The molecular weight excluding hydrogens is 280 g/mol. The summed E-state index contributed by atoms with van der Waals surface area (Å²) in [5.41, 5.74) is 1.64. The van der Waals surface area contributed by atoms with Gasteiger partial charge < -0.3 is 5.32 Å². The molecule has 0 amide bonds. The second kappa shape index (κ2) is 6.05. The van der Waals surface area contributed by atoms with Crippen LogP contribution >= 0.6 is 11.8 Å². The molecule has 2 rings (SSSR count). The van der Waals surface area contributed by atoms with Gasteiger partial charge in [-0.2, -0.15) is 11.8 Å². The molecule has 1 aromatic rings. The maximum absolute atomic E-state index is 11.1. The largest absolute Gasteiger partial charge is 0.381 e. The Morgan fingerprint density at radius 3 is 2.42 bits per heavy atom. The van der Waals surface area contributed by atoms with Crippen LogP contribution in [0.15, 0.2) is 24.3 Å². The number of sulfonamides is 1. The molecule has 106 valence electrons. The maximum Gasteiger partial charge on any atom is 0.229 e. The van der Waals surface area contributed by atoms with E-state index in [1.807, 2.05) is 23.9 Å². The molecule has 0 bridgehead atoms. The lowest BCUT2D eigenvalue weighted by Crippen LogP contribution is -2.32. The number of benzene rings is 1. The quantitative estimate of drug-likeness (QED) is 0.897. The molecule has 6 heteroatoms. The van der Waals surface area contributed by atoms with E-state index in [1.54, 1.807) is 12.1 Å². The molecule has 1 fully saturated rings. The van der Waals surface area contributed by atoms with Gasteiger partial charge in [-0.1, -0.05) is 6.92 Å². The van der Waals surface area contributed by atoms with Crippen molar-refractivity contribution in [2.45, 2.75) is 31.1 Å². The Labute approximate surface area is 119 Å². The van der Waals surface area contributed by atoms with Gasteiger partial charge >= 0.3 is 0 Å². The Hall–Kier alpha value is -0.880. The Morgan fingerprint density at radius 1 is 1.21 bits per heavy atom. The summed E-state index contributed by atoms with van der Waals surface area (Å²) in [6, 6.07) is 7.89. The highest BCUT2D eigenvalue weighted by Gasteiger charge is 2.21. The van der Waals surface area contributed by atoms with E-state index >= 15 is 0 Å². The predicted octanol–water partition coefficient (Wildman–Crippen LogP) is 2.75. The van der Waals surface area contributed by atoms with Crippen LogP contribution in [0.1, 0.15) is 19.8 Å². The molecule has 0 spiro atoms.